The van der Waals surface area contributed by atoms with E-state index in [1.807, 2.05) is 0 Å². The van der Waals surface area contributed by atoms with Crippen LogP contribution in [0.4, 0.5) is 14.0 Å². The molecule has 1 aliphatic rings. The van der Waals surface area contributed by atoms with Crippen LogP contribution < -0.4 is 0 Å². The third-order valence-electron chi connectivity index (χ3n) is 3.62. The van der Waals surface area contributed by atoms with E-state index in [0.717, 1.165) is 7.11 Å². The molecule has 162 valence electrons. The second-order valence-corrected chi connectivity index (χ2v) is 9.97. The molecule has 28 heavy (non-hydrogen) atoms. The summed E-state index contributed by atoms with van der Waals surface area (Å²) in [5, 5.41) is 0. The second kappa shape index (κ2) is 7.14. The van der Waals surface area contributed by atoms with Crippen LogP contribution in [0.3, 0.4) is 0 Å². The topological polar surface area (TPSA) is 137 Å². The Morgan fingerprint density at radius 1 is 1.04 bits per heavy atom. The Morgan fingerprint density at radius 2 is 1.43 bits per heavy atom. The van der Waals surface area contributed by atoms with E-state index in [0.29, 0.717) is 0 Å². The fraction of sp³-hybridized carbons (Fsp3) is 0.812. The molecular weight excluding hydrogens is 401 g/mol. The minimum atomic E-state index is -4.90. The number of rotatable bonds is 4. The van der Waals surface area contributed by atoms with Crippen molar-refractivity contribution in [1.82, 2.24) is 4.90 Å². The van der Waals surface area contributed by atoms with Crippen molar-refractivity contribution in [2.75, 3.05) is 12.9 Å². The summed E-state index contributed by atoms with van der Waals surface area (Å²) in [5.41, 5.74) is -7.92. The van der Waals surface area contributed by atoms with Gasteiger partial charge in [0.05, 0.1) is 7.11 Å². The van der Waals surface area contributed by atoms with Crippen LogP contribution in [0.5, 0.6) is 0 Å². The molecule has 1 rings (SSSR count). The Balaban J connectivity index is 3.52. The van der Waals surface area contributed by atoms with Crippen LogP contribution in [0.25, 0.3) is 0 Å². The molecule has 0 unspecified atom stereocenters. The number of carbonyl (C=O) groups excluding carboxylic acids is 3. The zero-order valence-electron chi connectivity index (χ0n) is 16.9. The van der Waals surface area contributed by atoms with Crippen LogP contribution >= 0.6 is 0 Å². The molecule has 1 aliphatic carbocycles. The highest BCUT2D eigenvalue weighted by Crippen LogP contribution is 2.57. The van der Waals surface area contributed by atoms with Crippen molar-refractivity contribution < 1.29 is 46.0 Å². The molecule has 1 fully saturated rings. The minimum Gasteiger partial charge on any atom is -0.467 e. The summed E-state index contributed by atoms with van der Waals surface area (Å²) in [5.74, 6) is -2.92. The molecule has 2 amide bonds. The zero-order chi connectivity index (χ0) is 22.3. The number of alkyl halides is 1. The predicted octanol–water partition coefficient (Wildman–Crippen LogP) is 2.07. The maximum atomic E-state index is 15.3. The number of carbonyl (C=O) groups is 3. The molecule has 1 saturated carbocycles. The van der Waals surface area contributed by atoms with Crippen molar-refractivity contribution in [1.29, 1.82) is 0 Å². The Bertz CT molecular complexity index is 740. The Kier molecular flexibility index (Phi) is 6.14. The first-order valence-corrected chi connectivity index (χ1v) is 9.88. The van der Waals surface area contributed by atoms with E-state index >= 15 is 4.39 Å². The molecule has 1 N–H and O–H groups in total. The lowest BCUT2D eigenvalue weighted by Crippen LogP contribution is -2.58. The van der Waals surface area contributed by atoms with E-state index in [1.54, 1.807) is 0 Å². The number of hydrogen-bond donors (Lipinski definition) is 1. The maximum Gasteiger partial charge on any atom is 0.420 e. The van der Waals surface area contributed by atoms with E-state index in [2.05, 4.69) is 4.74 Å². The predicted molar refractivity (Wildman–Crippen MR) is 93.9 cm³/mol. The summed E-state index contributed by atoms with van der Waals surface area (Å²) in [4.78, 5) is 37.8. The lowest BCUT2D eigenvalue weighted by molar-refractivity contribution is -0.150. The van der Waals surface area contributed by atoms with Gasteiger partial charge in [-0.25, -0.2) is 18.8 Å². The van der Waals surface area contributed by atoms with Gasteiger partial charge in [-0.2, -0.15) is 13.3 Å². The monoisotopic (exact) mass is 427 g/mol. The molecule has 0 bridgehead atoms. The molecule has 0 aromatic rings. The molecular formula is C16H26FNO9S. The van der Waals surface area contributed by atoms with E-state index in [1.165, 1.54) is 41.5 Å². The standard InChI is InChI=1S/C16H26FNO9S/c1-13(2,3)26-11(20)18(12(21)27-14(4,5)6)16(10(19)25-7)8-15(16,17)9-28(22,23)24/h8-9H2,1-7H3,(H,22,23,24)/t15-,16+/m1/s1. The van der Waals surface area contributed by atoms with Crippen LogP contribution in [-0.4, -0.2) is 71.3 Å². The number of esters is 1. The van der Waals surface area contributed by atoms with Crippen LogP contribution in [-0.2, 0) is 29.1 Å². The first-order valence-electron chi connectivity index (χ1n) is 8.27. The van der Waals surface area contributed by atoms with E-state index in [4.69, 9.17) is 14.0 Å². The Hall–Kier alpha value is -1.95. The van der Waals surface area contributed by atoms with E-state index in [9.17, 15) is 22.8 Å². The minimum absolute atomic E-state index is 0.0838. The number of hydrogen-bond acceptors (Lipinski definition) is 8. The quantitative estimate of drug-likeness (QED) is 0.406. The summed E-state index contributed by atoms with van der Waals surface area (Å²) in [6, 6.07) is 0. The lowest BCUT2D eigenvalue weighted by Gasteiger charge is -2.33. The molecule has 2 atom stereocenters. The van der Waals surface area contributed by atoms with Crippen molar-refractivity contribution in [2.45, 2.75) is 70.4 Å². The van der Waals surface area contributed by atoms with E-state index in [-0.39, 0.29) is 4.90 Å². The average Bonchev–Trinajstić information content (AvgIpc) is 2.96. The molecule has 0 heterocycles. The van der Waals surface area contributed by atoms with Gasteiger partial charge in [0.1, 0.15) is 17.0 Å². The number of imide groups is 1. The van der Waals surface area contributed by atoms with Gasteiger partial charge in [0.15, 0.2) is 11.2 Å². The highest BCUT2D eigenvalue weighted by Gasteiger charge is 2.82. The van der Waals surface area contributed by atoms with Gasteiger partial charge in [0.2, 0.25) is 0 Å². The van der Waals surface area contributed by atoms with Gasteiger partial charge < -0.3 is 14.2 Å². The normalized spacial score (nSPS) is 24.9. The molecule has 10 nitrogen and oxygen atoms in total. The van der Waals surface area contributed by atoms with Gasteiger partial charge in [-0.15, -0.1) is 0 Å². The molecule has 0 aromatic heterocycles. The number of ether oxygens (including phenoxy) is 3. The fourth-order valence-electron chi connectivity index (χ4n) is 2.62. The highest BCUT2D eigenvalue weighted by molar-refractivity contribution is 7.85. The van der Waals surface area contributed by atoms with Crippen molar-refractivity contribution in [3.8, 4) is 0 Å². The van der Waals surface area contributed by atoms with Crippen LogP contribution in [0.1, 0.15) is 48.0 Å². The number of halogens is 1. The highest BCUT2D eigenvalue weighted by atomic mass is 32.2. The van der Waals surface area contributed by atoms with Gasteiger partial charge >= 0.3 is 18.2 Å². The number of amides is 2. The smallest absolute Gasteiger partial charge is 0.420 e. The van der Waals surface area contributed by atoms with Crippen molar-refractivity contribution in [3.63, 3.8) is 0 Å². The first kappa shape index (κ1) is 24.1. The van der Waals surface area contributed by atoms with Gasteiger partial charge in [-0.1, -0.05) is 0 Å². The van der Waals surface area contributed by atoms with Crippen LogP contribution in [0.15, 0.2) is 0 Å². The van der Waals surface area contributed by atoms with Gasteiger partial charge in [-0.3, -0.25) is 4.55 Å². The first-order chi connectivity index (χ1) is 12.3. The molecule has 0 aromatic carbocycles. The van der Waals surface area contributed by atoms with Gasteiger partial charge in [-0.05, 0) is 41.5 Å². The van der Waals surface area contributed by atoms with Crippen molar-refractivity contribution in [2.24, 2.45) is 0 Å². The van der Waals surface area contributed by atoms with Gasteiger partial charge in [0.25, 0.3) is 10.1 Å². The van der Waals surface area contributed by atoms with Crippen molar-refractivity contribution >= 4 is 28.3 Å². The average molecular weight is 427 g/mol. The summed E-state index contributed by atoms with van der Waals surface area (Å²) in [7, 11) is -4.03. The van der Waals surface area contributed by atoms with Gasteiger partial charge in [0, 0.05) is 6.42 Å². The largest absolute Gasteiger partial charge is 0.467 e. The second-order valence-electron chi connectivity index (χ2n) is 8.52. The fourth-order valence-corrected chi connectivity index (χ4v) is 3.54. The third-order valence-corrected chi connectivity index (χ3v) is 4.44. The Labute approximate surface area is 163 Å². The molecule has 0 saturated heterocycles. The van der Waals surface area contributed by atoms with E-state index < -0.39 is 62.9 Å². The lowest BCUT2D eigenvalue weighted by atomic mass is 10.1. The zero-order valence-corrected chi connectivity index (χ0v) is 17.7. The van der Waals surface area contributed by atoms with Crippen molar-refractivity contribution in [3.05, 3.63) is 0 Å². The third kappa shape index (κ3) is 5.31. The summed E-state index contributed by atoms with van der Waals surface area (Å²) in [6.45, 7) is 8.81. The van der Waals surface area contributed by atoms with Crippen LogP contribution in [0.2, 0.25) is 0 Å². The Morgan fingerprint density at radius 3 is 1.71 bits per heavy atom. The number of nitrogens with zero attached hydrogens (tertiary/aromatic N) is 1. The number of methoxy groups -OCH3 is 1. The maximum absolute atomic E-state index is 15.3. The summed E-state index contributed by atoms with van der Waals surface area (Å²) in [6.07, 6.45) is -3.77. The summed E-state index contributed by atoms with van der Waals surface area (Å²) < 4.78 is 61.4. The molecule has 12 heteroatoms. The van der Waals surface area contributed by atoms with Crippen LogP contribution in [0, 0.1) is 0 Å². The molecule has 0 spiro atoms. The molecule has 0 radical (unpaired) electrons. The SMILES string of the molecule is COC(=O)[C@@]1(N(C(=O)OC(C)(C)C)C(=O)OC(C)(C)C)C[C@@]1(F)CS(=O)(=O)O. The molecule has 0 aliphatic heterocycles. The summed E-state index contributed by atoms with van der Waals surface area (Å²) >= 11 is 0.